The quantitative estimate of drug-likeness (QED) is 0.187. The maximum Gasteiger partial charge on any atom is 0.357 e. The second kappa shape index (κ2) is 8.43. The maximum atomic E-state index is 14.0. The van der Waals surface area contributed by atoms with Crippen molar-refractivity contribution < 1.29 is 27.4 Å². The van der Waals surface area contributed by atoms with Crippen LogP contribution in [0, 0.1) is 17.7 Å². The van der Waals surface area contributed by atoms with E-state index in [0.29, 0.717) is 5.56 Å². The van der Waals surface area contributed by atoms with Crippen molar-refractivity contribution >= 4 is 15.8 Å². The molecule has 146 valence electrons. The zero-order valence-electron chi connectivity index (χ0n) is 14.6. The van der Waals surface area contributed by atoms with Gasteiger partial charge in [0.15, 0.2) is 15.5 Å². The molecule has 0 spiro atoms. The van der Waals surface area contributed by atoms with Crippen molar-refractivity contribution in [2.75, 3.05) is 6.26 Å². The van der Waals surface area contributed by atoms with E-state index in [1.54, 1.807) is 0 Å². The van der Waals surface area contributed by atoms with Crippen LogP contribution in [0.1, 0.15) is 11.1 Å². The number of sulfone groups is 1. The van der Waals surface area contributed by atoms with Crippen LogP contribution in [0.2, 0.25) is 0 Å². The number of hydrogen-bond donors (Lipinski definition) is 4. The van der Waals surface area contributed by atoms with E-state index in [4.69, 9.17) is 21.4 Å². The molecule has 8 nitrogen and oxygen atoms in total. The largest absolute Gasteiger partial charge is 0.476 e. The fourth-order valence-corrected chi connectivity index (χ4v) is 2.60. The fraction of sp³-hybridized carbons (Fsp3) is 0.0556. The van der Waals surface area contributed by atoms with Gasteiger partial charge in [-0.25, -0.2) is 23.4 Å². The zero-order chi connectivity index (χ0) is 20.9. The second-order valence-electron chi connectivity index (χ2n) is 5.48. The van der Waals surface area contributed by atoms with Gasteiger partial charge in [-0.1, -0.05) is 11.8 Å². The number of aliphatic carboxylic acids is 1. The van der Waals surface area contributed by atoms with Crippen LogP contribution >= 0.6 is 0 Å². The first-order valence-corrected chi connectivity index (χ1v) is 9.50. The van der Waals surface area contributed by atoms with Crippen LogP contribution in [0.5, 0.6) is 5.75 Å². The maximum absolute atomic E-state index is 14.0. The van der Waals surface area contributed by atoms with Crippen molar-refractivity contribution in [3.8, 4) is 17.6 Å². The summed E-state index contributed by atoms with van der Waals surface area (Å²) in [6.45, 7) is 0. The van der Waals surface area contributed by atoms with Gasteiger partial charge in [-0.2, -0.15) is 0 Å². The number of carbonyl (C=O) groups is 1. The van der Waals surface area contributed by atoms with E-state index in [1.165, 1.54) is 36.4 Å². The molecule has 0 aliphatic heterocycles. The topological polar surface area (TPSA) is 145 Å². The minimum atomic E-state index is -3.32. The Morgan fingerprint density at radius 1 is 1.18 bits per heavy atom. The van der Waals surface area contributed by atoms with Crippen LogP contribution in [0.25, 0.3) is 0 Å². The number of rotatable bonds is 5. The normalized spacial score (nSPS) is 11.7. The first-order chi connectivity index (χ1) is 13.1. The molecule has 0 amide bonds. The lowest BCUT2D eigenvalue weighted by Gasteiger charge is -2.11. The number of nitrogens with two attached hydrogens (primary N) is 2. The molecule has 0 radical (unpaired) electrons. The number of carboxylic acid groups (broad SMARTS) is 1. The Balaban J connectivity index is 2.31. The van der Waals surface area contributed by atoms with Crippen molar-refractivity contribution in [2.45, 2.75) is 4.90 Å². The molecule has 28 heavy (non-hydrogen) atoms. The average molecular weight is 405 g/mol. The third-order valence-electron chi connectivity index (χ3n) is 3.39. The molecule has 0 aliphatic rings. The lowest BCUT2D eigenvalue weighted by molar-refractivity contribution is -0.132. The lowest BCUT2D eigenvalue weighted by Crippen LogP contribution is -2.31. The highest BCUT2D eigenvalue weighted by Crippen LogP contribution is 2.19. The summed E-state index contributed by atoms with van der Waals surface area (Å²) in [6.07, 6.45) is 1.09. The minimum Gasteiger partial charge on any atom is -0.476 e. The third kappa shape index (κ3) is 5.23. The van der Waals surface area contributed by atoms with Gasteiger partial charge in [-0.3, -0.25) is 5.43 Å². The molecular formula is C18H16FN3O5S. The average Bonchev–Trinajstić information content (AvgIpc) is 2.65. The third-order valence-corrected chi connectivity index (χ3v) is 4.52. The molecule has 6 N–H and O–H groups in total. The Kier molecular flexibility index (Phi) is 6.25. The standard InChI is InChI=1S/C18H16FN3O5S/c1-28(25,26)14-7-3-11(4-8-14)2-5-12-10-13(6-9-15(12)19)27-17(22-21)16(20)18(23)24/h3-4,6-10,22H,20-21H2,1H3,(H,23,24)/b17-16+. The molecule has 0 aromatic heterocycles. The van der Waals surface area contributed by atoms with Gasteiger partial charge in [0, 0.05) is 11.8 Å². The molecule has 0 saturated heterocycles. The lowest BCUT2D eigenvalue weighted by atomic mass is 10.1. The van der Waals surface area contributed by atoms with Crippen LogP contribution in [0.4, 0.5) is 4.39 Å². The second-order valence-corrected chi connectivity index (χ2v) is 7.50. The smallest absolute Gasteiger partial charge is 0.357 e. The van der Waals surface area contributed by atoms with Gasteiger partial charge in [0.25, 0.3) is 0 Å². The van der Waals surface area contributed by atoms with E-state index < -0.39 is 33.2 Å². The van der Waals surface area contributed by atoms with E-state index in [9.17, 15) is 17.6 Å². The van der Waals surface area contributed by atoms with Crippen LogP contribution in [-0.2, 0) is 14.6 Å². The van der Waals surface area contributed by atoms with Gasteiger partial charge in [0.05, 0.1) is 10.5 Å². The van der Waals surface area contributed by atoms with E-state index in [1.807, 2.05) is 5.43 Å². The van der Waals surface area contributed by atoms with E-state index >= 15 is 0 Å². The number of benzene rings is 2. The van der Waals surface area contributed by atoms with Gasteiger partial charge >= 0.3 is 5.97 Å². The van der Waals surface area contributed by atoms with Crippen molar-refractivity contribution in [2.24, 2.45) is 11.6 Å². The molecule has 0 fully saturated rings. The Hall–Kier alpha value is -3.55. The molecule has 0 bridgehead atoms. The predicted octanol–water partition coefficient (Wildman–Crippen LogP) is 0.684. The van der Waals surface area contributed by atoms with Crippen molar-refractivity contribution in [1.82, 2.24) is 5.43 Å². The molecule has 2 aromatic rings. The number of ether oxygens (including phenoxy) is 1. The molecule has 0 atom stereocenters. The van der Waals surface area contributed by atoms with Crippen LogP contribution in [-0.4, -0.2) is 25.7 Å². The molecule has 2 rings (SSSR count). The summed E-state index contributed by atoms with van der Waals surface area (Å²) < 4.78 is 42.1. The van der Waals surface area contributed by atoms with Gasteiger partial charge in [0.1, 0.15) is 11.6 Å². The predicted molar refractivity (Wildman–Crippen MR) is 98.7 cm³/mol. The number of halogens is 1. The first kappa shape index (κ1) is 20.8. The number of hydrogen-bond acceptors (Lipinski definition) is 7. The number of nitrogens with one attached hydrogen (secondary N) is 1. The number of carboxylic acids is 1. The van der Waals surface area contributed by atoms with Gasteiger partial charge < -0.3 is 15.6 Å². The summed E-state index contributed by atoms with van der Waals surface area (Å²) >= 11 is 0. The Labute approximate surface area is 160 Å². The van der Waals surface area contributed by atoms with Crippen molar-refractivity contribution in [3.05, 3.63) is 71.0 Å². The minimum absolute atomic E-state index is 0.0324. The molecule has 0 unspecified atom stereocenters. The highest BCUT2D eigenvalue weighted by Gasteiger charge is 2.13. The summed E-state index contributed by atoms with van der Waals surface area (Å²) in [6, 6.07) is 9.34. The molecule has 10 heteroatoms. The highest BCUT2D eigenvalue weighted by molar-refractivity contribution is 7.90. The summed E-state index contributed by atoms with van der Waals surface area (Å²) in [4.78, 5) is 11.0. The Bertz CT molecular complexity index is 1100. The zero-order valence-corrected chi connectivity index (χ0v) is 15.4. The van der Waals surface area contributed by atoms with Crippen LogP contribution < -0.4 is 21.7 Å². The number of hydrazine groups is 1. The summed E-state index contributed by atoms with van der Waals surface area (Å²) in [5.74, 6) is 8.03. The molecular weight excluding hydrogens is 389 g/mol. The van der Waals surface area contributed by atoms with Gasteiger partial charge in [0.2, 0.25) is 5.88 Å². The summed E-state index contributed by atoms with van der Waals surface area (Å²) in [7, 11) is -3.32. The van der Waals surface area contributed by atoms with Gasteiger partial charge in [-0.15, -0.1) is 0 Å². The van der Waals surface area contributed by atoms with Gasteiger partial charge in [-0.05, 0) is 42.5 Å². The Morgan fingerprint density at radius 3 is 2.36 bits per heavy atom. The first-order valence-electron chi connectivity index (χ1n) is 7.61. The van der Waals surface area contributed by atoms with Crippen LogP contribution in [0.3, 0.4) is 0 Å². The summed E-state index contributed by atoms with van der Waals surface area (Å²) in [5.41, 5.74) is 7.12. The van der Waals surface area contributed by atoms with E-state index in [0.717, 1.165) is 12.3 Å². The van der Waals surface area contributed by atoms with Crippen LogP contribution in [0.15, 0.2) is 58.9 Å². The SMILES string of the molecule is CS(=O)(=O)c1ccc(C#Cc2cc(O/C(NN)=C(/N)C(=O)O)ccc2F)cc1. The van der Waals surface area contributed by atoms with E-state index in [-0.39, 0.29) is 16.2 Å². The fourth-order valence-electron chi connectivity index (χ4n) is 1.97. The molecule has 0 heterocycles. The monoisotopic (exact) mass is 405 g/mol. The highest BCUT2D eigenvalue weighted by atomic mass is 32.2. The van der Waals surface area contributed by atoms with Crippen molar-refractivity contribution in [1.29, 1.82) is 0 Å². The molecule has 2 aromatic carbocycles. The van der Waals surface area contributed by atoms with E-state index in [2.05, 4.69) is 11.8 Å². The molecule has 0 aliphatic carbocycles. The Morgan fingerprint density at radius 2 is 1.82 bits per heavy atom. The van der Waals surface area contributed by atoms with Crippen molar-refractivity contribution in [3.63, 3.8) is 0 Å². The summed E-state index contributed by atoms with van der Waals surface area (Å²) in [5, 5.41) is 8.86. The molecule has 0 saturated carbocycles.